The Bertz CT molecular complexity index is 451. The zero-order valence-corrected chi connectivity index (χ0v) is 12.5. The van der Waals surface area contributed by atoms with Crippen LogP contribution in [0.5, 0.6) is 0 Å². The Balaban J connectivity index is 2.04. The van der Waals surface area contributed by atoms with Crippen molar-refractivity contribution in [1.82, 2.24) is 5.32 Å². The van der Waals surface area contributed by atoms with Crippen molar-refractivity contribution in [2.45, 2.75) is 57.3 Å². The highest BCUT2D eigenvalue weighted by Gasteiger charge is 2.44. The van der Waals surface area contributed by atoms with E-state index in [-0.39, 0.29) is 0 Å². The molecule has 0 heterocycles. The molecule has 1 N–H and O–H groups in total. The molecule has 0 radical (unpaired) electrons. The molecule has 1 saturated carbocycles. The average molecular weight is 257 g/mol. The molecule has 1 fully saturated rings. The Kier molecular flexibility index (Phi) is 3.66. The summed E-state index contributed by atoms with van der Waals surface area (Å²) >= 11 is 0. The van der Waals surface area contributed by atoms with Gasteiger partial charge < -0.3 is 5.32 Å². The van der Waals surface area contributed by atoms with Crippen LogP contribution < -0.4 is 5.32 Å². The van der Waals surface area contributed by atoms with Crippen LogP contribution in [-0.4, -0.2) is 13.6 Å². The fourth-order valence-electron chi connectivity index (χ4n) is 4.60. The molecule has 104 valence electrons. The van der Waals surface area contributed by atoms with E-state index < -0.39 is 0 Å². The van der Waals surface area contributed by atoms with E-state index in [1.54, 1.807) is 11.1 Å². The minimum absolute atomic E-state index is 0.487. The van der Waals surface area contributed by atoms with Crippen LogP contribution in [-0.2, 0) is 11.8 Å². The SMILES string of the molecule is CNCC[C@@]12CCCCC1CCc1ccc(C)cc12. The summed E-state index contributed by atoms with van der Waals surface area (Å²) in [4.78, 5) is 0. The largest absolute Gasteiger partial charge is 0.320 e. The third-order valence-electron chi connectivity index (χ3n) is 5.59. The molecule has 1 heteroatoms. The van der Waals surface area contributed by atoms with E-state index in [1.807, 2.05) is 0 Å². The van der Waals surface area contributed by atoms with Gasteiger partial charge in [0, 0.05) is 0 Å². The lowest BCUT2D eigenvalue weighted by Gasteiger charge is -2.49. The van der Waals surface area contributed by atoms with Crippen molar-refractivity contribution in [3.8, 4) is 0 Å². The van der Waals surface area contributed by atoms with Gasteiger partial charge in [0.15, 0.2) is 0 Å². The van der Waals surface area contributed by atoms with Crippen molar-refractivity contribution in [2.24, 2.45) is 5.92 Å². The first-order chi connectivity index (χ1) is 9.26. The molecule has 1 aromatic rings. The highest BCUT2D eigenvalue weighted by molar-refractivity contribution is 5.41. The molecule has 0 amide bonds. The number of rotatable bonds is 3. The summed E-state index contributed by atoms with van der Waals surface area (Å²) < 4.78 is 0. The summed E-state index contributed by atoms with van der Waals surface area (Å²) in [5.74, 6) is 0.934. The molecule has 2 aliphatic rings. The van der Waals surface area contributed by atoms with E-state index in [1.165, 1.54) is 50.5 Å². The van der Waals surface area contributed by atoms with E-state index in [0.29, 0.717) is 5.41 Å². The van der Waals surface area contributed by atoms with Crippen molar-refractivity contribution in [3.63, 3.8) is 0 Å². The monoisotopic (exact) mass is 257 g/mol. The number of fused-ring (bicyclic) bond motifs is 3. The first-order valence-corrected chi connectivity index (χ1v) is 8.01. The number of hydrogen-bond donors (Lipinski definition) is 1. The first kappa shape index (κ1) is 13.2. The van der Waals surface area contributed by atoms with Crippen molar-refractivity contribution < 1.29 is 0 Å². The van der Waals surface area contributed by atoms with Crippen LogP contribution >= 0.6 is 0 Å². The molecule has 1 aromatic carbocycles. The topological polar surface area (TPSA) is 12.0 Å². The van der Waals surface area contributed by atoms with Crippen molar-refractivity contribution in [3.05, 3.63) is 34.9 Å². The van der Waals surface area contributed by atoms with Crippen LogP contribution in [0.2, 0.25) is 0 Å². The number of hydrogen-bond acceptors (Lipinski definition) is 1. The number of nitrogens with one attached hydrogen (secondary N) is 1. The van der Waals surface area contributed by atoms with Gasteiger partial charge in [-0.1, -0.05) is 36.6 Å². The van der Waals surface area contributed by atoms with Gasteiger partial charge in [0.05, 0.1) is 0 Å². The van der Waals surface area contributed by atoms with Crippen LogP contribution in [0.4, 0.5) is 0 Å². The average Bonchev–Trinajstić information content (AvgIpc) is 2.45. The minimum atomic E-state index is 0.487. The highest BCUT2D eigenvalue weighted by atomic mass is 14.8. The Hall–Kier alpha value is -0.820. The van der Waals surface area contributed by atoms with Crippen LogP contribution in [0, 0.1) is 12.8 Å². The summed E-state index contributed by atoms with van der Waals surface area (Å²) in [6.07, 6.45) is 9.79. The predicted molar refractivity (Wildman–Crippen MR) is 81.7 cm³/mol. The molecule has 2 aliphatic carbocycles. The summed E-state index contributed by atoms with van der Waals surface area (Å²) in [5, 5.41) is 3.39. The Morgan fingerprint density at radius 1 is 1.26 bits per heavy atom. The predicted octanol–water partition coefficient (Wildman–Crippen LogP) is 3.98. The highest BCUT2D eigenvalue weighted by Crippen LogP contribution is 2.52. The van der Waals surface area contributed by atoms with Crippen molar-refractivity contribution in [2.75, 3.05) is 13.6 Å². The quantitative estimate of drug-likeness (QED) is 0.863. The Morgan fingerprint density at radius 2 is 2.16 bits per heavy atom. The van der Waals surface area contributed by atoms with Crippen LogP contribution in [0.15, 0.2) is 18.2 Å². The molecule has 1 unspecified atom stereocenters. The van der Waals surface area contributed by atoms with E-state index in [4.69, 9.17) is 0 Å². The van der Waals surface area contributed by atoms with Gasteiger partial charge in [0.2, 0.25) is 0 Å². The van der Waals surface area contributed by atoms with Crippen LogP contribution in [0.25, 0.3) is 0 Å². The molecule has 3 rings (SSSR count). The maximum Gasteiger partial charge on any atom is -0.000378 e. The molecule has 0 saturated heterocycles. The lowest BCUT2D eigenvalue weighted by molar-refractivity contribution is 0.148. The van der Waals surface area contributed by atoms with Crippen molar-refractivity contribution >= 4 is 0 Å². The molecule has 0 aromatic heterocycles. The van der Waals surface area contributed by atoms with Gasteiger partial charge in [-0.05, 0) is 75.1 Å². The second-order valence-corrected chi connectivity index (χ2v) is 6.65. The smallest absolute Gasteiger partial charge is 0.000378 e. The standard InChI is InChI=1S/C18H27N/c1-14-6-7-15-8-9-16-5-3-4-10-18(16,11-12-19-2)17(15)13-14/h6-7,13,16,19H,3-5,8-12H2,1-2H3/t16?,18-/m0/s1. The molecular formula is C18H27N. The summed E-state index contributed by atoms with van der Waals surface area (Å²) in [6, 6.07) is 7.20. The number of benzene rings is 1. The van der Waals surface area contributed by atoms with Gasteiger partial charge in [-0.2, -0.15) is 0 Å². The normalized spacial score (nSPS) is 29.7. The van der Waals surface area contributed by atoms with E-state index in [2.05, 4.69) is 37.5 Å². The fraction of sp³-hybridized carbons (Fsp3) is 0.667. The van der Waals surface area contributed by atoms with E-state index >= 15 is 0 Å². The maximum absolute atomic E-state index is 3.39. The van der Waals surface area contributed by atoms with E-state index in [9.17, 15) is 0 Å². The van der Waals surface area contributed by atoms with Gasteiger partial charge in [0.25, 0.3) is 0 Å². The Labute approximate surface area is 117 Å². The zero-order chi connectivity index (χ0) is 13.3. The second kappa shape index (κ2) is 5.28. The zero-order valence-electron chi connectivity index (χ0n) is 12.5. The summed E-state index contributed by atoms with van der Waals surface area (Å²) in [6.45, 7) is 3.41. The molecule has 1 nitrogen and oxygen atoms in total. The number of aryl methyl sites for hydroxylation is 2. The van der Waals surface area contributed by atoms with Gasteiger partial charge in [0.1, 0.15) is 0 Å². The van der Waals surface area contributed by atoms with Gasteiger partial charge in [-0.3, -0.25) is 0 Å². The first-order valence-electron chi connectivity index (χ1n) is 8.01. The van der Waals surface area contributed by atoms with Gasteiger partial charge >= 0.3 is 0 Å². The fourth-order valence-corrected chi connectivity index (χ4v) is 4.60. The van der Waals surface area contributed by atoms with Gasteiger partial charge in [-0.25, -0.2) is 0 Å². The van der Waals surface area contributed by atoms with Crippen LogP contribution in [0.3, 0.4) is 0 Å². The third kappa shape index (κ3) is 2.23. The second-order valence-electron chi connectivity index (χ2n) is 6.65. The maximum atomic E-state index is 3.39. The summed E-state index contributed by atoms with van der Waals surface area (Å²) in [7, 11) is 2.09. The molecule has 2 atom stereocenters. The minimum Gasteiger partial charge on any atom is -0.320 e. The Morgan fingerprint density at radius 3 is 3.00 bits per heavy atom. The molecule has 0 bridgehead atoms. The lowest BCUT2D eigenvalue weighted by atomic mass is 9.56. The molecule has 0 spiro atoms. The summed E-state index contributed by atoms with van der Waals surface area (Å²) in [5.41, 5.74) is 5.27. The lowest BCUT2D eigenvalue weighted by Crippen LogP contribution is -2.43. The van der Waals surface area contributed by atoms with Crippen molar-refractivity contribution in [1.29, 1.82) is 0 Å². The molecular weight excluding hydrogens is 230 g/mol. The molecule has 19 heavy (non-hydrogen) atoms. The van der Waals surface area contributed by atoms with E-state index in [0.717, 1.165) is 12.5 Å². The third-order valence-corrected chi connectivity index (χ3v) is 5.59. The van der Waals surface area contributed by atoms with Gasteiger partial charge in [-0.15, -0.1) is 0 Å². The van der Waals surface area contributed by atoms with Crippen LogP contribution in [0.1, 0.15) is 55.2 Å². The molecule has 0 aliphatic heterocycles.